The molecule has 0 aliphatic carbocycles. The van der Waals surface area contributed by atoms with E-state index in [9.17, 15) is 4.79 Å². The van der Waals surface area contributed by atoms with Crippen LogP contribution in [-0.2, 0) is 4.79 Å². The van der Waals surface area contributed by atoms with E-state index in [0.717, 1.165) is 6.42 Å². The third kappa shape index (κ3) is 20.9. The highest BCUT2D eigenvalue weighted by Crippen LogP contribution is 2.13. The first kappa shape index (κ1) is 22.9. The van der Waals surface area contributed by atoms with Crippen molar-refractivity contribution in [3.8, 4) is 0 Å². The minimum Gasteiger partial charge on any atom is -0.478 e. The van der Waals surface area contributed by atoms with Gasteiger partial charge in [0, 0.05) is 6.08 Å². The van der Waals surface area contributed by atoms with Gasteiger partial charge in [-0.1, -0.05) is 115 Å². The molecule has 140 valence electrons. The molecule has 0 rings (SSSR count). The Morgan fingerprint density at radius 2 is 1.08 bits per heavy atom. The highest BCUT2D eigenvalue weighted by Gasteiger charge is 1.94. The number of hydrogen-bond donors (Lipinski definition) is 1. The van der Waals surface area contributed by atoms with Crippen molar-refractivity contribution in [3.05, 3.63) is 24.3 Å². The van der Waals surface area contributed by atoms with Gasteiger partial charge in [-0.3, -0.25) is 0 Å². The Morgan fingerprint density at radius 1 is 0.667 bits per heavy atom. The van der Waals surface area contributed by atoms with Crippen LogP contribution in [0.4, 0.5) is 0 Å². The number of hydrogen-bond acceptors (Lipinski definition) is 1. The summed E-state index contributed by atoms with van der Waals surface area (Å²) in [6, 6.07) is 0. The zero-order chi connectivity index (χ0) is 17.7. The maximum Gasteiger partial charge on any atom is 0.328 e. The molecule has 0 heterocycles. The molecule has 0 spiro atoms. The van der Waals surface area contributed by atoms with E-state index in [1.807, 2.05) is 6.08 Å². The lowest BCUT2D eigenvalue weighted by molar-refractivity contribution is -0.131. The fraction of sp³-hybridized carbons (Fsp3) is 0.773. The fourth-order valence-corrected chi connectivity index (χ4v) is 2.95. The first-order valence-corrected chi connectivity index (χ1v) is 10.3. The third-order valence-electron chi connectivity index (χ3n) is 4.46. The molecule has 0 radical (unpaired) electrons. The van der Waals surface area contributed by atoms with Crippen molar-refractivity contribution in [1.29, 1.82) is 0 Å². The highest BCUT2D eigenvalue weighted by molar-refractivity contribution is 5.80. The van der Waals surface area contributed by atoms with Crippen LogP contribution in [0.1, 0.15) is 110 Å². The van der Waals surface area contributed by atoms with Crippen molar-refractivity contribution in [2.24, 2.45) is 0 Å². The number of allylic oxidation sites excluding steroid dienone is 3. The molecule has 0 aromatic heterocycles. The largest absolute Gasteiger partial charge is 0.478 e. The Hall–Kier alpha value is -1.05. The van der Waals surface area contributed by atoms with Gasteiger partial charge in [0.15, 0.2) is 0 Å². The van der Waals surface area contributed by atoms with E-state index in [1.54, 1.807) is 6.08 Å². The van der Waals surface area contributed by atoms with E-state index in [4.69, 9.17) is 5.11 Å². The SMILES string of the molecule is CCCCCCCCCCCCCCCCC/C=C\C=C/C(=O)O. The van der Waals surface area contributed by atoms with Gasteiger partial charge in [-0.15, -0.1) is 0 Å². The summed E-state index contributed by atoms with van der Waals surface area (Å²) in [7, 11) is 0. The lowest BCUT2D eigenvalue weighted by Gasteiger charge is -2.03. The van der Waals surface area contributed by atoms with Gasteiger partial charge in [-0.05, 0) is 12.8 Å². The molecule has 0 amide bonds. The van der Waals surface area contributed by atoms with E-state index >= 15 is 0 Å². The minimum absolute atomic E-state index is 0.883. The molecule has 0 aliphatic rings. The van der Waals surface area contributed by atoms with E-state index in [2.05, 4.69) is 13.0 Å². The monoisotopic (exact) mass is 336 g/mol. The highest BCUT2D eigenvalue weighted by atomic mass is 16.4. The number of carbonyl (C=O) groups is 1. The first-order valence-electron chi connectivity index (χ1n) is 10.3. The van der Waals surface area contributed by atoms with Crippen LogP contribution in [0, 0.1) is 0 Å². The van der Waals surface area contributed by atoms with Crippen LogP contribution in [0.3, 0.4) is 0 Å². The zero-order valence-corrected chi connectivity index (χ0v) is 16.0. The van der Waals surface area contributed by atoms with Crippen LogP contribution in [-0.4, -0.2) is 11.1 Å². The normalized spacial score (nSPS) is 11.7. The predicted molar refractivity (Wildman–Crippen MR) is 105 cm³/mol. The van der Waals surface area contributed by atoms with E-state index in [-0.39, 0.29) is 0 Å². The zero-order valence-electron chi connectivity index (χ0n) is 16.0. The second-order valence-corrected chi connectivity index (χ2v) is 6.86. The Labute approximate surface area is 150 Å². The standard InChI is InChI=1S/C22H40O2/c1-2-3-4-5-6-7-8-9-10-11-12-13-14-15-16-17-18-19-20-21-22(23)24/h18-21H,2-17H2,1H3,(H,23,24)/b19-18-,21-20-. The average Bonchev–Trinajstić information content (AvgIpc) is 2.56. The number of unbranched alkanes of at least 4 members (excludes halogenated alkanes) is 15. The van der Waals surface area contributed by atoms with Crippen molar-refractivity contribution in [3.63, 3.8) is 0 Å². The topological polar surface area (TPSA) is 37.3 Å². The number of carboxylic acids is 1. The molecular weight excluding hydrogens is 296 g/mol. The van der Waals surface area contributed by atoms with Crippen LogP contribution in [0.15, 0.2) is 24.3 Å². The van der Waals surface area contributed by atoms with Gasteiger partial charge in [-0.25, -0.2) is 4.79 Å². The second kappa shape index (κ2) is 20.0. The lowest BCUT2D eigenvalue weighted by atomic mass is 10.0. The van der Waals surface area contributed by atoms with Crippen molar-refractivity contribution in [2.45, 2.75) is 110 Å². The van der Waals surface area contributed by atoms with Crippen molar-refractivity contribution in [1.82, 2.24) is 0 Å². The summed E-state index contributed by atoms with van der Waals surface area (Å²) in [5.74, 6) is -0.883. The third-order valence-corrected chi connectivity index (χ3v) is 4.46. The van der Waals surface area contributed by atoms with Crippen molar-refractivity contribution < 1.29 is 9.90 Å². The van der Waals surface area contributed by atoms with Crippen LogP contribution < -0.4 is 0 Å². The van der Waals surface area contributed by atoms with Gasteiger partial charge in [0.25, 0.3) is 0 Å². The summed E-state index contributed by atoms with van der Waals surface area (Å²) in [6.45, 7) is 2.28. The summed E-state index contributed by atoms with van der Waals surface area (Å²) < 4.78 is 0. The van der Waals surface area contributed by atoms with Gasteiger partial charge in [0.05, 0.1) is 0 Å². The molecule has 0 saturated carbocycles. The smallest absolute Gasteiger partial charge is 0.328 e. The average molecular weight is 337 g/mol. The van der Waals surface area contributed by atoms with E-state index < -0.39 is 5.97 Å². The Balaban J connectivity index is 3.09. The molecule has 0 saturated heterocycles. The van der Waals surface area contributed by atoms with Crippen LogP contribution >= 0.6 is 0 Å². The van der Waals surface area contributed by atoms with Gasteiger partial charge >= 0.3 is 5.97 Å². The molecule has 2 heteroatoms. The van der Waals surface area contributed by atoms with E-state index in [0.29, 0.717) is 0 Å². The summed E-state index contributed by atoms with van der Waals surface area (Å²) in [4.78, 5) is 10.3. The van der Waals surface area contributed by atoms with Crippen LogP contribution in [0.25, 0.3) is 0 Å². The molecule has 2 nitrogen and oxygen atoms in total. The van der Waals surface area contributed by atoms with Crippen molar-refractivity contribution in [2.75, 3.05) is 0 Å². The summed E-state index contributed by atoms with van der Waals surface area (Å²) in [5, 5.41) is 8.44. The second-order valence-electron chi connectivity index (χ2n) is 6.86. The summed E-state index contributed by atoms with van der Waals surface area (Å²) in [5.41, 5.74) is 0. The molecule has 0 aromatic rings. The van der Waals surface area contributed by atoms with Crippen molar-refractivity contribution >= 4 is 5.97 Å². The Bertz CT molecular complexity index is 318. The molecule has 0 bridgehead atoms. The Kier molecular flexibility index (Phi) is 19.1. The quantitative estimate of drug-likeness (QED) is 0.160. The fourth-order valence-electron chi connectivity index (χ4n) is 2.95. The molecule has 0 aromatic carbocycles. The Morgan fingerprint density at radius 3 is 1.50 bits per heavy atom. The maximum atomic E-state index is 10.3. The van der Waals surface area contributed by atoms with Crippen LogP contribution in [0.5, 0.6) is 0 Å². The first-order chi connectivity index (χ1) is 11.8. The molecule has 0 atom stereocenters. The summed E-state index contributed by atoms with van der Waals surface area (Å²) in [6.07, 6.45) is 28.6. The van der Waals surface area contributed by atoms with Gasteiger partial charge in [-0.2, -0.15) is 0 Å². The minimum atomic E-state index is -0.883. The molecule has 24 heavy (non-hydrogen) atoms. The number of aliphatic carboxylic acids is 1. The summed E-state index contributed by atoms with van der Waals surface area (Å²) >= 11 is 0. The molecular formula is C22H40O2. The van der Waals surface area contributed by atoms with E-state index in [1.165, 1.54) is 102 Å². The number of rotatable bonds is 18. The van der Waals surface area contributed by atoms with Gasteiger partial charge in [0.2, 0.25) is 0 Å². The molecule has 0 unspecified atom stereocenters. The van der Waals surface area contributed by atoms with Gasteiger partial charge < -0.3 is 5.11 Å². The van der Waals surface area contributed by atoms with Gasteiger partial charge in [0.1, 0.15) is 0 Å². The molecule has 1 N–H and O–H groups in total. The molecule has 0 aliphatic heterocycles. The predicted octanol–water partition coefficient (Wildman–Crippen LogP) is 7.44. The number of carboxylic acid groups (broad SMARTS) is 1. The lowest BCUT2D eigenvalue weighted by Crippen LogP contribution is -1.84. The molecule has 0 fully saturated rings. The maximum absolute atomic E-state index is 10.3. The van der Waals surface area contributed by atoms with Crippen LogP contribution in [0.2, 0.25) is 0 Å².